The maximum atomic E-state index is 12.0. The highest BCUT2D eigenvalue weighted by Gasteiger charge is 2.13. The largest absolute Gasteiger partial charge is 0.396 e. The van der Waals surface area contributed by atoms with Crippen LogP contribution in [0.3, 0.4) is 0 Å². The Morgan fingerprint density at radius 2 is 1.38 bits per heavy atom. The zero-order valence-electron chi connectivity index (χ0n) is 15.7. The number of carbonyl (C=O) groups excluding carboxylic acids is 1. The van der Waals surface area contributed by atoms with Gasteiger partial charge >= 0.3 is 0 Å². The summed E-state index contributed by atoms with van der Waals surface area (Å²) in [5.74, 6) is -0.277. The Hall–Kier alpha value is -1.15. The van der Waals surface area contributed by atoms with Crippen molar-refractivity contribution >= 4 is 5.78 Å². The minimum absolute atomic E-state index is 0.0305. The third kappa shape index (κ3) is 8.63. The number of aryl methyl sites for hydroxylation is 1. The van der Waals surface area contributed by atoms with Gasteiger partial charge in [-0.3, -0.25) is 4.79 Å². The summed E-state index contributed by atoms with van der Waals surface area (Å²) in [6, 6.07) is 7.93. The molecule has 0 amide bonds. The normalized spacial score (nSPS) is 12.3. The van der Waals surface area contributed by atoms with E-state index in [-0.39, 0.29) is 18.3 Å². The average Bonchev–Trinajstić information content (AvgIpc) is 2.62. The van der Waals surface area contributed by atoms with Crippen LogP contribution < -0.4 is 0 Å². The number of Topliss-reactive ketones (excluding diaryl/α,β-unsaturated/α-hetero) is 1. The van der Waals surface area contributed by atoms with Crippen molar-refractivity contribution in [3.05, 3.63) is 35.4 Å². The topological polar surface area (TPSA) is 37.3 Å². The molecule has 136 valence electrons. The molecule has 1 N–H and O–H groups in total. The van der Waals surface area contributed by atoms with E-state index in [1.807, 2.05) is 12.1 Å². The van der Waals surface area contributed by atoms with Crippen LogP contribution in [0.15, 0.2) is 24.3 Å². The van der Waals surface area contributed by atoms with Crippen LogP contribution in [0, 0.1) is 5.92 Å². The van der Waals surface area contributed by atoms with Gasteiger partial charge in [-0.25, -0.2) is 0 Å². The van der Waals surface area contributed by atoms with Gasteiger partial charge in [0.2, 0.25) is 0 Å². The van der Waals surface area contributed by atoms with Gasteiger partial charge < -0.3 is 5.11 Å². The number of benzene rings is 1. The van der Waals surface area contributed by atoms with Crippen LogP contribution in [-0.2, 0) is 6.42 Å². The first kappa shape index (κ1) is 20.9. The molecule has 1 rings (SSSR count). The minimum atomic E-state index is -0.308. The Morgan fingerprint density at radius 3 is 1.88 bits per heavy atom. The van der Waals surface area contributed by atoms with E-state index in [2.05, 4.69) is 19.1 Å². The first-order valence-electron chi connectivity index (χ1n) is 9.93. The Labute approximate surface area is 148 Å². The summed E-state index contributed by atoms with van der Waals surface area (Å²) in [5.41, 5.74) is 2.02. The lowest BCUT2D eigenvalue weighted by Crippen LogP contribution is -2.14. The average molecular weight is 333 g/mol. The van der Waals surface area contributed by atoms with Gasteiger partial charge in [-0.05, 0) is 18.4 Å². The number of rotatable bonds is 14. The van der Waals surface area contributed by atoms with Gasteiger partial charge in [0.05, 0.1) is 6.61 Å². The second-order valence-corrected chi connectivity index (χ2v) is 7.08. The molecule has 0 saturated heterocycles. The fraction of sp³-hybridized carbons (Fsp3) is 0.682. The maximum absolute atomic E-state index is 12.0. The number of hydrogen-bond donors (Lipinski definition) is 1. The molecule has 0 bridgehead atoms. The molecule has 0 heterocycles. The van der Waals surface area contributed by atoms with E-state index in [4.69, 9.17) is 5.11 Å². The monoisotopic (exact) mass is 332 g/mol. The Kier molecular flexibility index (Phi) is 11.5. The van der Waals surface area contributed by atoms with Gasteiger partial charge in [-0.15, -0.1) is 0 Å². The molecule has 0 radical (unpaired) electrons. The van der Waals surface area contributed by atoms with Crippen LogP contribution in [0.25, 0.3) is 0 Å². The number of aliphatic hydroxyl groups is 1. The minimum Gasteiger partial charge on any atom is -0.396 e. The molecular weight excluding hydrogens is 296 g/mol. The van der Waals surface area contributed by atoms with Crippen LogP contribution in [-0.4, -0.2) is 17.5 Å². The zero-order valence-corrected chi connectivity index (χ0v) is 15.7. The van der Waals surface area contributed by atoms with Gasteiger partial charge in [-0.1, -0.05) is 95.9 Å². The molecule has 1 aromatic carbocycles. The lowest BCUT2D eigenvalue weighted by molar-refractivity contribution is 0.0877. The number of unbranched alkanes of at least 4 members (excludes halogenated alkanes) is 9. The van der Waals surface area contributed by atoms with Crippen molar-refractivity contribution in [1.82, 2.24) is 0 Å². The molecule has 0 spiro atoms. The molecule has 24 heavy (non-hydrogen) atoms. The highest BCUT2D eigenvalue weighted by atomic mass is 16.3. The molecule has 0 aliphatic heterocycles. The van der Waals surface area contributed by atoms with Gasteiger partial charge in [0.15, 0.2) is 5.78 Å². The van der Waals surface area contributed by atoms with Gasteiger partial charge in [0, 0.05) is 11.5 Å². The van der Waals surface area contributed by atoms with E-state index < -0.39 is 0 Å². The van der Waals surface area contributed by atoms with Crippen molar-refractivity contribution in [2.45, 2.75) is 84.5 Å². The number of ketones is 1. The molecule has 0 aliphatic rings. The third-order valence-electron chi connectivity index (χ3n) is 4.78. The van der Waals surface area contributed by atoms with Crippen LogP contribution in [0.1, 0.15) is 94.0 Å². The van der Waals surface area contributed by atoms with Crippen molar-refractivity contribution in [2.75, 3.05) is 6.61 Å². The van der Waals surface area contributed by atoms with E-state index in [9.17, 15) is 4.79 Å². The van der Waals surface area contributed by atoms with Crippen molar-refractivity contribution < 1.29 is 9.90 Å². The summed E-state index contributed by atoms with van der Waals surface area (Å²) in [4.78, 5) is 12.0. The second-order valence-electron chi connectivity index (χ2n) is 7.08. The zero-order chi connectivity index (χ0) is 17.6. The lowest BCUT2D eigenvalue weighted by Gasteiger charge is -2.08. The number of hydrogen-bond acceptors (Lipinski definition) is 2. The summed E-state index contributed by atoms with van der Waals surface area (Å²) in [6.07, 6.45) is 14.7. The molecule has 1 aromatic rings. The summed E-state index contributed by atoms with van der Waals surface area (Å²) < 4.78 is 0. The SMILES string of the molecule is CCCCCCCCCCCCc1ccc(C(=O)C(C)CO)cc1. The van der Waals surface area contributed by atoms with E-state index in [1.54, 1.807) is 6.92 Å². The Balaban J connectivity index is 2.10. The van der Waals surface area contributed by atoms with Gasteiger partial charge in [-0.2, -0.15) is 0 Å². The first-order chi connectivity index (χ1) is 11.7. The third-order valence-corrected chi connectivity index (χ3v) is 4.78. The highest BCUT2D eigenvalue weighted by molar-refractivity contribution is 5.97. The molecule has 1 unspecified atom stereocenters. The molecule has 2 nitrogen and oxygen atoms in total. The highest BCUT2D eigenvalue weighted by Crippen LogP contribution is 2.14. The summed E-state index contributed by atoms with van der Waals surface area (Å²) in [5, 5.41) is 9.06. The second kappa shape index (κ2) is 13.2. The fourth-order valence-corrected chi connectivity index (χ4v) is 3.02. The van der Waals surface area contributed by atoms with Crippen LogP contribution >= 0.6 is 0 Å². The summed E-state index contributed by atoms with van der Waals surface area (Å²) in [6.45, 7) is 3.94. The molecule has 0 fully saturated rings. The summed E-state index contributed by atoms with van der Waals surface area (Å²) in [7, 11) is 0. The van der Waals surface area contributed by atoms with Gasteiger partial charge in [0.1, 0.15) is 0 Å². The Bertz CT molecular complexity index is 436. The van der Waals surface area contributed by atoms with Crippen molar-refractivity contribution in [3.63, 3.8) is 0 Å². The summed E-state index contributed by atoms with van der Waals surface area (Å²) >= 11 is 0. The van der Waals surface area contributed by atoms with E-state index in [0.29, 0.717) is 5.56 Å². The molecule has 0 aromatic heterocycles. The molecule has 0 aliphatic carbocycles. The molecule has 1 atom stereocenters. The predicted molar refractivity (Wildman–Crippen MR) is 103 cm³/mol. The van der Waals surface area contributed by atoms with Crippen molar-refractivity contribution in [2.24, 2.45) is 5.92 Å². The van der Waals surface area contributed by atoms with Crippen LogP contribution in [0.5, 0.6) is 0 Å². The van der Waals surface area contributed by atoms with E-state index >= 15 is 0 Å². The number of aliphatic hydroxyl groups excluding tert-OH is 1. The molecular formula is C22H36O2. The van der Waals surface area contributed by atoms with Crippen molar-refractivity contribution in [3.8, 4) is 0 Å². The lowest BCUT2D eigenvalue weighted by atomic mass is 9.97. The smallest absolute Gasteiger partial charge is 0.167 e. The molecule has 2 heteroatoms. The molecule has 0 saturated carbocycles. The number of carbonyl (C=O) groups is 1. The van der Waals surface area contributed by atoms with Crippen LogP contribution in [0.2, 0.25) is 0 Å². The van der Waals surface area contributed by atoms with E-state index in [1.165, 1.54) is 69.8 Å². The van der Waals surface area contributed by atoms with Crippen LogP contribution in [0.4, 0.5) is 0 Å². The first-order valence-corrected chi connectivity index (χ1v) is 9.93. The quantitative estimate of drug-likeness (QED) is 0.337. The predicted octanol–water partition coefficient (Wildman–Crippen LogP) is 5.96. The Morgan fingerprint density at radius 1 is 0.875 bits per heavy atom. The fourth-order valence-electron chi connectivity index (χ4n) is 3.02. The standard InChI is InChI=1S/C22H36O2/c1-3-4-5-6-7-8-9-10-11-12-13-20-14-16-21(17-15-20)22(24)19(2)18-23/h14-17,19,23H,3-13,18H2,1-2H3. The van der Waals surface area contributed by atoms with Crippen molar-refractivity contribution in [1.29, 1.82) is 0 Å². The maximum Gasteiger partial charge on any atom is 0.167 e. The van der Waals surface area contributed by atoms with E-state index in [0.717, 1.165) is 6.42 Å². The van der Waals surface area contributed by atoms with Gasteiger partial charge in [0.25, 0.3) is 0 Å².